The van der Waals surface area contributed by atoms with Gasteiger partial charge in [0.2, 0.25) is 0 Å². The predicted molar refractivity (Wildman–Crippen MR) is 68.2 cm³/mol. The second kappa shape index (κ2) is 4.57. The van der Waals surface area contributed by atoms with Crippen LogP contribution in [0.4, 0.5) is 5.82 Å². The lowest BCUT2D eigenvalue weighted by molar-refractivity contribution is 0.0624. The van der Waals surface area contributed by atoms with Gasteiger partial charge in [-0.15, -0.1) is 0 Å². The van der Waals surface area contributed by atoms with Crippen LogP contribution in [0.2, 0.25) is 0 Å². The molecule has 1 aromatic heterocycles. The van der Waals surface area contributed by atoms with Crippen molar-refractivity contribution >= 4 is 11.8 Å². The Labute approximate surface area is 106 Å². The van der Waals surface area contributed by atoms with Crippen molar-refractivity contribution in [2.45, 2.75) is 26.3 Å². The average molecular weight is 250 g/mol. The van der Waals surface area contributed by atoms with Gasteiger partial charge in [0.05, 0.1) is 18.8 Å². The Morgan fingerprint density at radius 3 is 2.89 bits per heavy atom. The van der Waals surface area contributed by atoms with Crippen LogP contribution in [0.25, 0.3) is 0 Å². The molecule has 2 heterocycles. The van der Waals surface area contributed by atoms with Gasteiger partial charge in [0, 0.05) is 12.7 Å². The van der Waals surface area contributed by atoms with E-state index in [0.29, 0.717) is 25.6 Å². The molecule has 1 aliphatic rings. The third-order valence-electron chi connectivity index (χ3n) is 3.25. The summed E-state index contributed by atoms with van der Waals surface area (Å²) in [4.78, 5) is 17.7. The molecule has 0 spiro atoms. The van der Waals surface area contributed by atoms with Crippen LogP contribution in [0.5, 0.6) is 0 Å². The van der Waals surface area contributed by atoms with Crippen molar-refractivity contribution in [2.24, 2.45) is 0 Å². The molecule has 0 saturated carbocycles. The number of nitrogens with zero attached hydrogens (tertiary/aromatic N) is 2. The number of morpholine rings is 1. The Kier molecular flexibility index (Phi) is 3.26. The van der Waals surface area contributed by atoms with Gasteiger partial charge >= 0.3 is 5.97 Å². The minimum Gasteiger partial charge on any atom is -0.478 e. The smallest absolute Gasteiger partial charge is 0.339 e. The molecule has 18 heavy (non-hydrogen) atoms. The highest BCUT2D eigenvalue weighted by molar-refractivity contribution is 5.95. The fraction of sp³-hybridized carbons (Fsp3) is 0.538. The van der Waals surface area contributed by atoms with E-state index < -0.39 is 5.97 Å². The van der Waals surface area contributed by atoms with Crippen molar-refractivity contribution in [2.75, 3.05) is 24.7 Å². The molecule has 2 rings (SSSR count). The lowest BCUT2D eigenvalue weighted by Gasteiger charge is -2.43. The average Bonchev–Trinajstić information content (AvgIpc) is 2.27. The van der Waals surface area contributed by atoms with Crippen LogP contribution in [0, 0.1) is 6.92 Å². The molecule has 0 bridgehead atoms. The van der Waals surface area contributed by atoms with Crippen LogP contribution in [-0.4, -0.2) is 41.4 Å². The number of carboxylic acids is 1. The van der Waals surface area contributed by atoms with Gasteiger partial charge in [0.15, 0.2) is 0 Å². The number of hydrogen-bond acceptors (Lipinski definition) is 4. The summed E-state index contributed by atoms with van der Waals surface area (Å²) in [5.41, 5.74) is 0.769. The normalized spacial score (nSPS) is 18.7. The number of pyridine rings is 1. The van der Waals surface area contributed by atoms with E-state index in [2.05, 4.69) is 4.98 Å². The third-order valence-corrected chi connectivity index (χ3v) is 3.25. The van der Waals surface area contributed by atoms with E-state index in [-0.39, 0.29) is 11.1 Å². The molecule has 0 aliphatic carbocycles. The molecule has 1 fully saturated rings. The molecular weight excluding hydrogens is 232 g/mol. The number of ether oxygens (including phenoxy) is 1. The van der Waals surface area contributed by atoms with Gasteiger partial charge in [0.25, 0.3) is 0 Å². The number of aromatic nitrogens is 1. The zero-order chi connectivity index (χ0) is 13.3. The highest BCUT2D eigenvalue weighted by atomic mass is 16.5. The molecular formula is C13H18N2O3. The van der Waals surface area contributed by atoms with Crippen molar-refractivity contribution in [3.05, 3.63) is 23.4 Å². The maximum atomic E-state index is 11.4. The SMILES string of the molecule is Cc1ccnc(N2CCOCC2(C)C)c1C(=O)O. The summed E-state index contributed by atoms with van der Waals surface area (Å²) >= 11 is 0. The largest absolute Gasteiger partial charge is 0.478 e. The lowest BCUT2D eigenvalue weighted by atomic mass is 10.0. The molecule has 1 N–H and O–H groups in total. The second-order valence-corrected chi connectivity index (χ2v) is 5.15. The Hall–Kier alpha value is -1.62. The number of carbonyl (C=O) groups is 1. The molecule has 1 aromatic rings. The number of rotatable bonds is 2. The highest BCUT2D eigenvalue weighted by Gasteiger charge is 2.34. The molecule has 5 heteroatoms. The van der Waals surface area contributed by atoms with Crippen LogP contribution >= 0.6 is 0 Å². The van der Waals surface area contributed by atoms with Crippen molar-refractivity contribution < 1.29 is 14.6 Å². The summed E-state index contributed by atoms with van der Waals surface area (Å²) in [7, 11) is 0. The van der Waals surface area contributed by atoms with Gasteiger partial charge in [-0.05, 0) is 32.4 Å². The molecule has 0 unspecified atom stereocenters. The van der Waals surface area contributed by atoms with E-state index in [4.69, 9.17) is 4.74 Å². The summed E-state index contributed by atoms with van der Waals surface area (Å²) in [5.74, 6) is -0.395. The topological polar surface area (TPSA) is 62.7 Å². The molecule has 1 saturated heterocycles. The first kappa shape index (κ1) is 12.8. The first-order valence-electron chi connectivity index (χ1n) is 5.98. The number of carboxylic acid groups (broad SMARTS) is 1. The van der Waals surface area contributed by atoms with Crippen LogP contribution in [0.1, 0.15) is 29.8 Å². The van der Waals surface area contributed by atoms with Crippen LogP contribution in [0.15, 0.2) is 12.3 Å². The summed E-state index contributed by atoms with van der Waals surface area (Å²) in [5, 5.41) is 9.35. The minimum absolute atomic E-state index is 0.247. The standard InChI is InChI=1S/C13H18N2O3/c1-9-4-5-14-11(10(9)12(16)17)15-6-7-18-8-13(15,2)3/h4-5H,6-8H2,1-3H3,(H,16,17). The molecule has 0 atom stereocenters. The predicted octanol–water partition coefficient (Wildman–Crippen LogP) is 1.70. The van der Waals surface area contributed by atoms with Gasteiger partial charge < -0.3 is 14.7 Å². The molecule has 1 aliphatic heterocycles. The summed E-state index contributed by atoms with van der Waals surface area (Å²) < 4.78 is 5.45. The van der Waals surface area contributed by atoms with Gasteiger partial charge in [-0.3, -0.25) is 0 Å². The molecule has 98 valence electrons. The second-order valence-electron chi connectivity index (χ2n) is 5.15. The van der Waals surface area contributed by atoms with Crippen molar-refractivity contribution in [1.82, 2.24) is 4.98 Å². The summed E-state index contributed by atoms with van der Waals surface area (Å²) in [6, 6.07) is 1.72. The van der Waals surface area contributed by atoms with Gasteiger partial charge in [0.1, 0.15) is 11.4 Å². The molecule has 0 aromatic carbocycles. The third kappa shape index (κ3) is 2.18. The van der Waals surface area contributed by atoms with E-state index in [9.17, 15) is 9.90 Å². The van der Waals surface area contributed by atoms with Crippen LogP contribution in [0.3, 0.4) is 0 Å². The van der Waals surface area contributed by atoms with Crippen molar-refractivity contribution in [3.8, 4) is 0 Å². The Morgan fingerprint density at radius 2 is 2.28 bits per heavy atom. The maximum absolute atomic E-state index is 11.4. The number of aromatic carboxylic acids is 1. The van der Waals surface area contributed by atoms with Gasteiger partial charge in [-0.1, -0.05) is 0 Å². The first-order chi connectivity index (χ1) is 8.43. The zero-order valence-electron chi connectivity index (χ0n) is 10.9. The van der Waals surface area contributed by atoms with E-state index in [1.807, 2.05) is 18.7 Å². The van der Waals surface area contributed by atoms with Crippen molar-refractivity contribution in [3.63, 3.8) is 0 Å². The van der Waals surface area contributed by atoms with E-state index in [1.54, 1.807) is 19.2 Å². The van der Waals surface area contributed by atoms with E-state index in [1.165, 1.54) is 0 Å². The summed E-state index contributed by atoms with van der Waals surface area (Å²) in [6.07, 6.45) is 1.66. The molecule has 0 radical (unpaired) electrons. The zero-order valence-corrected chi connectivity index (χ0v) is 10.9. The van der Waals surface area contributed by atoms with Gasteiger partial charge in [-0.2, -0.15) is 0 Å². The Balaban J connectivity index is 2.50. The fourth-order valence-corrected chi connectivity index (χ4v) is 2.26. The quantitative estimate of drug-likeness (QED) is 0.865. The maximum Gasteiger partial charge on any atom is 0.339 e. The number of anilines is 1. The Morgan fingerprint density at radius 1 is 1.56 bits per heavy atom. The van der Waals surface area contributed by atoms with Gasteiger partial charge in [-0.25, -0.2) is 9.78 Å². The van der Waals surface area contributed by atoms with Crippen LogP contribution < -0.4 is 4.90 Å². The van der Waals surface area contributed by atoms with Crippen molar-refractivity contribution in [1.29, 1.82) is 0 Å². The summed E-state index contributed by atoms with van der Waals surface area (Å²) in [6.45, 7) is 7.68. The number of aryl methyl sites for hydroxylation is 1. The number of hydrogen-bond donors (Lipinski definition) is 1. The lowest BCUT2D eigenvalue weighted by Crippen LogP contribution is -2.54. The van der Waals surface area contributed by atoms with E-state index >= 15 is 0 Å². The Bertz CT molecular complexity index is 471. The van der Waals surface area contributed by atoms with E-state index in [0.717, 1.165) is 5.56 Å². The first-order valence-corrected chi connectivity index (χ1v) is 5.98. The monoisotopic (exact) mass is 250 g/mol. The molecule has 0 amide bonds. The van der Waals surface area contributed by atoms with Crippen LogP contribution in [-0.2, 0) is 4.74 Å². The minimum atomic E-state index is -0.933. The highest BCUT2D eigenvalue weighted by Crippen LogP contribution is 2.29. The molecule has 5 nitrogen and oxygen atoms in total. The fourth-order valence-electron chi connectivity index (χ4n) is 2.26.